The van der Waals surface area contributed by atoms with Gasteiger partial charge in [-0.25, -0.2) is 0 Å². The Labute approximate surface area is 84.9 Å². The lowest BCUT2D eigenvalue weighted by molar-refractivity contribution is 0.326. The van der Waals surface area contributed by atoms with Crippen molar-refractivity contribution in [3.63, 3.8) is 0 Å². The highest BCUT2D eigenvalue weighted by Crippen LogP contribution is 2.33. The van der Waals surface area contributed by atoms with E-state index in [2.05, 4.69) is 4.90 Å². The van der Waals surface area contributed by atoms with Crippen LogP contribution in [0, 0.1) is 11.8 Å². The van der Waals surface area contributed by atoms with Crippen molar-refractivity contribution >= 4 is 29.2 Å². The van der Waals surface area contributed by atoms with Gasteiger partial charge in [0, 0.05) is 13.1 Å². The molecule has 2 heterocycles. The molecule has 0 radical (unpaired) electrons. The molecule has 68 valence electrons. The molecule has 0 amide bonds. The van der Waals surface area contributed by atoms with E-state index >= 15 is 0 Å². The van der Waals surface area contributed by atoms with Crippen molar-refractivity contribution in [3.05, 3.63) is 0 Å². The van der Waals surface area contributed by atoms with Crippen LogP contribution in [0.3, 0.4) is 0 Å². The molecule has 12 heavy (non-hydrogen) atoms. The molecule has 1 aliphatic carbocycles. The summed E-state index contributed by atoms with van der Waals surface area (Å²) in [7, 11) is 0. The van der Waals surface area contributed by atoms with Crippen LogP contribution in [0.1, 0.15) is 25.7 Å². The Bertz CT molecular complexity index is 171. The van der Waals surface area contributed by atoms with E-state index in [1.165, 1.54) is 25.7 Å². The molecule has 3 rings (SSSR count). The van der Waals surface area contributed by atoms with E-state index in [0.717, 1.165) is 24.9 Å². The molecule has 2 bridgehead atoms. The zero-order valence-corrected chi connectivity index (χ0v) is 8.79. The molecule has 0 aromatic heterocycles. The average Bonchev–Trinajstić information content (AvgIpc) is 2.36. The SMILES string of the molecule is S=C([S-])N1CC2CCC(CC2)C1. The van der Waals surface area contributed by atoms with Crippen molar-refractivity contribution in [2.24, 2.45) is 11.8 Å². The van der Waals surface area contributed by atoms with Gasteiger partial charge in [-0.15, -0.1) is 0 Å². The number of thiocarbonyl (C=S) groups is 1. The van der Waals surface area contributed by atoms with Crippen LogP contribution in [-0.2, 0) is 12.6 Å². The van der Waals surface area contributed by atoms with E-state index < -0.39 is 0 Å². The lowest BCUT2D eigenvalue weighted by atomic mass is 9.84. The zero-order chi connectivity index (χ0) is 8.55. The molecule has 0 aromatic carbocycles. The van der Waals surface area contributed by atoms with E-state index in [-0.39, 0.29) is 0 Å². The van der Waals surface area contributed by atoms with E-state index in [4.69, 9.17) is 24.8 Å². The minimum Gasteiger partial charge on any atom is -0.411 e. The molecule has 0 unspecified atom stereocenters. The molecule has 3 fully saturated rings. The molecule has 1 nitrogen and oxygen atoms in total. The maximum absolute atomic E-state index is 5.05. The average molecular weight is 200 g/mol. The third-order valence-corrected chi connectivity index (χ3v) is 3.70. The summed E-state index contributed by atoms with van der Waals surface area (Å²) >= 11 is 10.1. The molecule has 2 aliphatic heterocycles. The van der Waals surface area contributed by atoms with Crippen LogP contribution in [0.15, 0.2) is 0 Å². The van der Waals surface area contributed by atoms with Crippen LogP contribution < -0.4 is 0 Å². The summed E-state index contributed by atoms with van der Waals surface area (Å²) in [6.45, 7) is 2.28. The number of fused-ring (bicyclic) bond motifs is 4. The molecule has 0 N–H and O–H groups in total. The van der Waals surface area contributed by atoms with Crippen molar-refractivity contribution < 1.29 is 0 Å². The fourth-order valence-electron chi connectivity index (χ4n) is 2.44. The monoisotopic (exact) mass is 200 g/mol. The van der Waals surface area contributed by atoms with E-state index in [1.54, 1.807) is 0 Å². The lowest BCUT2D eigenvalue weighted by Crippen LogP contribution is -2.31. The fourth-order valence-corrected chi connectivity index (χ4v) is 2.74. The van der Waals surface area contributed by atoms with Crippen molar-refractivity contribution in [1.82, 2.24) is 4.90 Å². The van der Waals surface area contributed by atoms with Gasteiger partial charge in [-0.05, 0) is 37.5 Å². The van der Waals surface area contributed by atoms with Crippen LogP contribution in [-0.4, -0.2) is 22.3 Å². The van der Waals surface area contributed by atoms with Gasteiger partial charge >= 0.3 is 0 Å². The third kappa shape index (κ3) is 1.72. The van der Waals surface area contributed by atoms with Crippen molar-refractivity contribution in [1.29, 1.82) is 0 Å². The van der Waals surface area contributed by atoms with Crippen molar-refractivity contribution in [2.45, 2.75) is 25.7 Å². The fraction of sp³-hybridized carbons (Fsp3) is 0.889. The number of rotatable bonds is 0. The number of nitrogens with zero attached hydrogens (tertiary/aromatic N) is 1. The van der Waals surface area contributed by atoms with Gasteiger partial charge in [-0.1, -0.05) is 4.32 Å². The number of hydrogen-bond acceptors (Lipinski definition) is 2. The van der Waals surface area contributed by atoms with Gasteiger partial charge in [-0.2, -0.15) is 0 Å². The first-order valence-electron chi connectivity index (χ1n) is 4.71. The highest BCUT2D eigenvalue weighted by atomic mass is 32.1. The summed E-state index contributed by atoms with van der Waals surface area (Å²) in [5.41, 5.74) is 0. The highest BCUT2D eigenvalue weighted by Gasteiger charge is 2.28. The molecule has 0 atom stereocenters. The second-order valence-corrected chi connectivity index (χ2v) is 5.09. The van der Waals surface area contributed by atoms with E-state index in [0.29, 0.717) is 4.32 Å². The molecule has 1 saturated carbocycles. The first kappa shape index (κ1) is 8.70. The standard InChI is InChI=1S/C9H15NS2/c11-9(12)10-5-7-1-2-8(6-10)4-3-7/h7-8H,1-6H2,(H,11,12)/p-1. The van der Waals surface area contributed by atoms with Gasteiger partial charge in [0.15, 0.2) is 0 Å². The summed E-state index contributed by atoms with van der Waals surface area (Å²) in [6, 6.07) is 0. The molecule has 3 heteroatoms. The number of hydrogen-bond donors (Lipinski definition) is 0. The summed E-state index contributed by atoms with van der Waals surface area (Å²) in [5.74, 6) is 1.76. The summed E-state index contributed by atoms with van der Waals surface area (Å²) in [6.07, 6.45) is 5.61. The van der Waals surface area contributed by atoms with Gasteiger partial charge < -0.3 is 29.7 Å². The quantitative estimate of drug-likeness (QED) is 0.434. The third-order valence-electron chi connectivity index (χ3n) is 3.18. The van der Waals surface area contributed by atoms with Gasteiger partial charge in [0.1, 0.15) is 0 Å². The molecular weight excluding hydrogens is 186 g/mol. The summed E-state index contributed by atoms with van der Waals surface area (Å²) < 4.78 is 0.689. The highest BCUT2D eigenvalue weighted by molar-refractivity contribution is 8.00. The summed E-state index contributed by atoms with van der Waals surface area (Å²) in [5, 5.41) is 0. The molecule has 0 spiro atoms. The predicted molar refractivity (Wildman–Crippen MR) is 57.0 cm³/mol. The van der Waals surface area contributed by atoms with Crippen molar-refractivity contribution in [3.8, 4) is 0 Å². The topological polar surface area (TPSA) is 3.24 Å². The van der Waals surface area contributed by atoms with Crippen LogP contribution >= 0.6 is 12.2 Å². The van der Waals surface area contributed by atoms with E-state index in [9.17, 15) is 0 Å². The predicted octanol–water partition coefficient (Wildman–Crippen LogP) is 1.94. The minimum atomic E-state index is 0.689. The smallest absolute Gasteiger partial charge is 0.0190 e. The zero-order valence-electron chi connectivity index (χ0n) is 7.16. The maximum Gasteiger partial charge on any atom is 0.0190 e. The van der Waals surface area contributed by atoms with Crippen LogP contribution in [0.25, 0.3) is 0 Å². The molecule has 3 aliphatic rings. The second-order valence-electron chi connectivity index (χ2n) is 4.06. The first-order chi connectivity index (χ1) is 5.75. The lowest BCUT2D eigenvalue weighted by Gasteiger charge is -2.28. The van der Waals surface area contributed by atoms with Gasteiger partial charge in [0.05, 0.1) is 0 Å². The normalized spacial score (nSPS) is 34.8. The Hall–Kier alpha value is 0.110. The largest absolute Gasteiger partial charge is 0.411 e. The minimum absolute atomic E-state index is 0.689. The molecule has 0 aromatic rings. The van der Waals surface area contributed by atoms with E-state index in [1.807, 2.05) is 0 Å². The molecular formula is C9H14NS2-. The van der Waals surface area contributed by atoms with Gasteiger partial charge in [-0.3, -0.25) is 0 Å². The van der Waals surface area contributed by atoms with Crippen molar-refractivity contribution in [2.75, 3.05) is 13.1 Å². The van der Waals surface area contributed by atoms with Crippen LogP contribution in [0.4, 0.5) is 0 Å². The van der Waals surface area contributed by atoms with Crippen LogP contribution in [0.5, 0.6) is 0 Å². The Kier molecular flexibility index (Phi) is 2.51. The Morgan fingerprint density at radius 3 is 1.83 bits per heavy atom. The summed E-state index contributed by atoms with van der Waals surface area (Å²) in [4.78, 5) is 2.24. The Balaban J connectivity index is 2.06. The van der Waals surface area contributed by atoms with Gasteiger partial charge in [0.2, 0.25) is 0 Å². The van der Waals surface area contributed by atoms with Crippen LogP contribution in [0.2, 0.25) is 0 Å². The molecule has 2 saturated heterocycles. The Morgan fingerprint density at radius 1 is 1.08 bits per heavy atom. The second kappa shape index (κ2) is 3.46. The maximum atomic E-state index is 5.05. The van der Waals surface area contributed by atoms with Gasteiger partial charge in [0.25, 0.3) is 0 Å². The Morgan fingerprint density at radius 2 is 1.50 bits per heavy atom. The first-order valence-corrected chi connectivity index (χ1v) is 5.53.